The Morgan fingerprint density at radius 3 is 2.87 bits per heavy atom. The van der Waals surface area contributed by atoms with Crippen LogP contribution < -0.4 is 5.32 Å². The molecule has 1 aromatic heterocycles. The molecule has 1 aromatic rings. The average molecular weight is 319 g/mol. The van der Waals surface area contributed by atoms with Gasteiger partial charge in [-0.15, -0.1) is 0 Å². The maximum absolute atomic E-state index is 12.7. The lowest BCUT2D eigenvalue weighted by Crippen LogP contribution is -2.48. The topological polar surface area (TPSA) is 53.4 Å². The van der Waals surface area contributed by atoms with E-state index in [4.69, 9.17) is 0 Å². The molecule has 0 unspecified atom stereocenters. The summed E-state index contributed by atoms with van der Waals surface area (Å²) in [4.78, 5) is 17.6. The predicted octanol–water partition coefficient (Wildman–Crippen LogP) is 1.14. The van der Waals surface area contributed by atoms with E-state index in [-0.39, 0.29) is 11.9 Å². The molecule has 128 valence electrons. The maximum atomic E-state index is 12.7. The van der Waals surface area contributed by atoms with Crippen molar-refractivity contribution in [1.82, 2.24) is 24.9 Å². The average Bonchev–Trinajstić information content (AvgIpc) is 3.09. The van der Waals surface area contributed by atoms with E-state index in [0.29, 0.717) is 17.7 Å². The summed E-state index contributed by atoms with van der Waals surface area (Å²) in [7, 11) is 2.18. The van der Waals surface area contributed by atoms with Gasteiger partial charge < -0.3 is 10.2 Å². The first-order valence-electron chi connectivity index (χ1n) is 8.79. The van der Waals surface area contributed by atoms with E-state index in [2.05, 4.69) is 41.1 Å². The van der Waals surface area contributed by atoms with Crippen molar-refractivity contribution in [2.75, 3.05) is 33.2 Å². The standard InChI is InChI=1S/C17H29N5O/c1-5-22-16(9-15(19-22)12(2)3)17(23)18-13-8-14-11-20(4)6-7-21(14)10-13/h9,12-14H,5-8,10-11H2,1-4H3,(H,18,23)/t13-,14-/m0/s1. The fourth-order valence-electron chi connectivity index (χ4n) is 3.70. The summed E-state index contributed by atoms with van der Waals surface area (Å²) >= 11 is 0. The summed E-state index contributed by atoms with van der Waals surface area (Å²) in [5.74, 6) is 0.356. The molecule has 0 aliphatic carbocycles. The van der Waals surface area contributed by atoms with E-state index in [0.717, 1.165) is 44.8 Å². The molecule has 23 heavy (non-hydrogen) atoms. The van der Waals surface area contributed by atoms with Gasteiger partial charge in [0.15, 0.2) is 0 Å². The molecule has 6 heteroatoms. The van der Waals surface area contributed by atoms with Crippen molar-refractivity contribution in [2.45, 2.75) is 51.7 Å². The van der Waals surface area contributed by atoms with Crippen LogP contribution in [0.5, 0.6) is 0 Å². The third-order valence-electron chi connectivity index (χ3n) is 5.08. The van der Waals surface area contributed by atoms with Crippen LogP contribution in [0.3, 0.4) is 0 Å². The highest BCUT2D eigenvalue weighted by atomic mass is 16.2. The highest BCUT2D eigenvalue weighted by Gasteiger charge is 2.36. The molecule has 2 aliphatic heterocycles. The fraction of sp³-hybridized carbons (Fsp3) is 0.765. The molecule has 3 rings (SSSR count). The zero-order valence-electron chi connectivity index (χ0n) is 14.7. The Morgan fingerprint density at radius 2 is 2.17 bits per heavy atom. The molecule has 2 fully saturated rings. The van der Waals surface area contributed by atoms with Gasteiger partial charge in [0.05, 0.1) is 5.69 Å². The van der Waals surface area contributed by atoms with Crippen LogP contribution in [0.1, 0.15) is 49.3 Å². The second kappa shape index (κ2) is 6.61. The van der Waals surface area contributed by atoms with E-state index >= 15 is 0 Å². The predicted molar refractivity (Wildman–Crippen MR) is 90.7 cm³/mol. The van der Waals surface area contributed by atoms with Crippen molar-refractivity contribution in [2.24, 2.45) is 0 Å². The number of carbonyl (C=O) groups excluding carboxylic acids is 1. The Hall–Kier alpha value is -1.40. The van der Waals surface area contributed by atoms with Crippen molar-refractivity contribution in [1.29, 1.82) is 0 Å². The molecule has 1 amide bonds. The van der Waals surface area contributed by atoms with Crippen LogP contribution in [0, 0.1) is 0 Å². The lowest BCUT2D eigenvalue weighted by Gasteiger charge is -2.34. The van der Waals surface area contributed by atoms with Gasteiger partial charge in [0.1, 0.15) is 5.69 Å². The molecule has 0 radical (unpaired) electrons. The van der Waals surface area contributed by atoms with E-state index in [1.165, 1.54) is 0 Å². The van der Waals surface area contributed by atoms with E-state index < -0.39 is 0 Å². The van der Waals surface area contributed by atoms with E-state index in [9.17, 15) is 4.79 Å². The largest absolute Gasteiger partial charge is 0.347 e. The molecule has 0 spiro atoms. The van der Waals surface area contributed by atoms with E-state index in [1.807, 2.05) is 17.7 Å². The lowest BCUT2D eigenvalue weighted by molar-refractivity contribution is 0.0926. The molecular weight excluding hydrogens is 290 g/mol. The van der Waals surface area contributed by atoms with Crippen LogP contribution >= 0.6 is 0 Å². The van der Waals surface area contributed by atoms with Crippen molar-refractivity contribution in [3.63, 3.8) is 0 Å². The molecule has 0 saturated carbocycles. The van der Waals surface area contributed by atoms with Crippen molar-refractivity contribution in [3.05, 3.63) is 17.5 Å². The molecular formula is C17H29N5O. The number of nitrogens with zero attached hydrogens (tertiary/aromatic N) is 4. The molecule has 0 bridgehead atoms. The summed E-state index contributed by atoms with van der Waals surface area (Å²) < 4.78 is 1.82. The van der Waals surface area contributed by atoms with Gasteiger partial charge in [-0.3, -0.25) is 14.4 Å². The van der Waals surface area contributed by atoms with Gasteiger partial charge in [0, 0.05) is 44.8 Å². The Bertz CT molecular complexity index is 567. The second-order valence-electron chi connectivity index (χ2n) is 7.24. The highest BCUT2D eigenvalue weighted by Crippen LogP contribution is 2.22. The van der Waals surface area contributed by atoms with Crippen LogP contribution in [0.15, 0.2) is 6.07 Å². The fourth-order valence-corrected chi connectivity index (χ4v) is 3.70. The first-order chi connectivity index (χ1) is 11.0. The van der Waals surface area contributed by atoms with Gasteiger partial charge in [0.2, 0.25) is 0 Å². The normalized spacial score (nSPS) is 25.8. The lowest BCUT2D eigenvalue weighted by atomic mass is 10.1. The third kappa shape index (κ3) is 3.43. The number of rotatable bonds is 4. The molecule has 3 heterocycles. The number of aromatic nitrogens is 2. The van der Waals surface area contributed by atoms with Gasteiger partial charge in [-0.05, 0) is 32.4 Å². The smallest absolute Gasteiger partial charge is 0.269 e. The summed E-state index contributed by atoms with van der Waals surface area (Å²) in [5.41, 5.74) is 1.68. The number of aryl methyl sites for hydroxylation is 1. The highest BCUT2D eigenvalue weighted by molar-refractivity contribution is 5.93. The van der Waals surface area contributed by atoms with E-state index in [1.54, 1.807) is 0 Å². The summed E-state index contributed by atoms with van der Waals surface area (Å²) in [5, 5.41) is 7.78. The number of likely N-dealkylation sites (N-methyl/N-ethyl adjacent to an activating group) is 1. The Kier molecular flexibility index (Phi) is 4.73. The zero-order valence-corrected chi connectivity index (χ0v) is 14.7. The van der Waals surface area contributed by atoms with Gasteiger partial charge in [0.25, 0.3) is 5.91 Å². The number of hydrogen-bond donors (Lipinski definition) is 1. The molecule has 2 aliphatic rings. The maximum Gasteiger partial charge on any atom is 0.269 e. The molecule has 2 saturated heterocycles. The molecule has 1 N–H and O–H groups in total. The number of nitrogens with one attached hydrogen (secondary N) is 1. The molecule has 6 nitrogen and oxygen atoms in total. The number of hydrogen-bond acceptors (Lipinski definition) is 4. The number of fused-ring (bicyclic) bond motifs is 1. The number of amides is 1. The first kappa shape index (κ1) is 16.5. The van der Waals surface area contributed by atoms with Crippen molar-refractivity contribution >= 4 is 5.91 Å². The van der Waals surface area contributed by atoms with Crippen LogP contribution in [0.25, 0.3) is 0 Å². The van der Waals surface area contributed by atoms with Crippen LogP contribution in [-0.4, -0.2) is 70.8 Å². The Morgan fingerprint density at radius 1 is 1.39 bits per heavy atom. The zero-order chi connectivity index (χ0) is 16.6. The Labute approximate surface area is 138 Å². The van der Waals surface area contributed by atoms with Gasteiger partial charge in [-0.25, -0.2) is 0 Å². The van der Waals surface area contributed by atoms with Crippen LogP contribution in [-0.2, 0) is 6.54 Å². The summed E-state index contributed by atoms with van der Waals surface area (Å²) in [6, 6.07) is 2.78. The third-order valence-corrected chi connectivity index (χ3v) is 5.08. The van der Waals surface area contributed by atoms with Crippen LogP contribution in [0.4, 0.5) is 0 Å². The first-order valence-corrected chi connectivity index (χ1v) is 8.79. The van der Waals surface area contributed by atoms with Gasteiger partial charge in [-0.1, -0.05) is 13.8 Å². The minimum Gasteiger partial charge on any atom is -0.347 e. The summed E-state index contributed by atoms with van der Waals surface area (Å²) in [6.45, 7) is 11.3. The number of piperazine rings is 1. The molecule has 0 aromatic carbocycles. The second-order valence-corrected chi connectivity index (χ2v) is 7.24. The molecule has 2 atom stereocenters. The minimum atomic E-state index is 0.0180. The van der Waals surface area contributed by atoms with Gasteiger partial charge in [-0.2, -0.15) is 5.10 Å². The quantitative estimate of drug-likeness (QED) is 0.904. The monoisotopic (exact) mass is 319 g/mol. The van der Waals surface area contributed by atoms with Crippen molar-refractivity contribution in [3.8, 4) is 0 Å². The SMILES string of the molecule is CCn1nc(C(C)C)cc1C(=O)N[C@H]1C[C@H]2CN(C)CCN2C1. The van der Waals surface area contributed by atoms with Crippen molar-refractivity contribution < 1.29 is 4.79 Å². The van der Waals surface area contributed by atoms with Gasteiger partial charge >= 0.3 is 0 Å². The summed E-state index contributed by atoms with van der Waals surface area (Å²) in [6.07, 6.45) is 1.05. The minimum absolute atomic E-state index is 0.0180. The Balaban J connectivity index is 1.66. The van der Waals surface area contributed by atoms with Crippen LogP contribution in [0.2, 0.25) is 0 Å². The number of carbonyl (C=O) groups is 1.